The number of nitrogens with one attached hydrogen (secondary N) is 3. The Kier molecular flexibility index (Phi) is 4.72. The van der Waals surface area contributed by atoms with Crippen molar-refractivity contribution in [1.29, 1.82) is 0 Å². The third-order valence-corrected chi connectivity index (χ3v) is 3.42. The molecule has 2 rings (SSSR count). The van der Waals surface area contributed by atoms with Gasteiger partial charge in [0.1, 0.15) is 6.04 Å². The summed E-state index contributed by atoms with van der Waals surface area (Å²) in [5.74, 6) is 0. The normalized spacial score (nSPS) is 22.7. The predicted molar refractivity (Wildman–Crippen MR) is 74.2 cm³/mol. The lowest BCUT2D eigenvalue weighted by Crippen LogP contribution is -2.54. The molecule has 3 N–H and O–H groups in total. The van der Waals surface area contributed by atoms with Crippen LogP contribution in [0.15, 0.2) is 24.3 Å². The SMILES string of the molecule is Cc1cccc(NC(=O)NC2CCC(C(F)(F)F)NC2)c1. The van der Waals surface area contributed by atoms with Gasteiger partial charge in [-0.3, -0.25) is 0 Å². The van der Waals surface area contributed by atoms with E-state index in [-0.39, 0.29) is 19.0 Å². The molecule has 1 aliphatic rings. The number of carbonyl (C=O) groups excluding carboxylic acids is 1. The number of aryl methyl sites for hydroxylation is 1. The highest BCUT2D eigenvalue weighted by atomic mass is 19.4. The fraction of sp³-hybridized carbons (Fsp3) is 0.500. The summed E-state index contributed by atoms with van der Waals surface area (Å²) < 4.78 is 37.5. The van der Waals surface area contributed by atoms with Gasteiger partial charge in [0.2, 0.25) is 0 Å². The fourth-order valence-corrected chi connectivity index (χ4v) is 2.33. The van der Waals surface area contributed by atoms with E-state index in [2.05, 4.69) is 16.0 Å². The number of piperidine rings is 1. The van der Waals surface area contributed by atoms with E-state index in [1.165, 1.54) is 0 Å². The standard InChI is InChI=1S/C14H18F3N3O/c1-9-3-2-4-10(7-9)19-13(21)20-11-5-6-12(18-8-11)14(15,16)17/h2-4,7,11-12,18H,5-6,8H2,1H3,(H2,19,20,21). The zero-order chi connectivity index (χ0) is 15.5. The summed E-state index contributed by atoms with van der Waals surface area (Å²) in [4.78, 5) is 11.8. The van der Waals surface area contributed by atoms with E-state index in [9.17, 15) is 18.0 Å². The molecule has 2 unspecified atom stereocenters. The van der Waals surface area contributed by atoms with Crippen LogP contribution in [0.4, 0.5) is 23.7 Å². The maximum Gasteiger partial charge on any atom is 0.403 e. The van der Waals surface area contributed by atoms with Gasteiger partial charge in [-0.25, -0.2) is 4.79 Å². The van der Waals surface area contributed by atoms with Crippen LogP contribution in [-0.2, 0) is 0 Å². The molecule has 2 atom stereocenters. The van der Waals surface area contributed by atoms with Gasteiger partial charge in [-0.05, 0) is 37.5 Å². The van der Waals surface area contributed by atoms with Gasteiger partial charge < -0.3 is 16.0 Å². The number of halogens is 3. The minimum Gasteiger partial charge on any atom is -0.334 e. The molecule has 1 aromatic rings. The molecule has 0 bridgehead atoms. The van der Waals surface area contributed by atoms with Crippen LogP contribution >= 0.6 is 0 Å². The van der Waals surface area contributed by atoms with Crippen molar-refractivity contribution >= 4 is 11.7 Å². The number of hydrogen-bond donors (Lipinski definition) is 3. The van der Waals surface area contributed by atoms with Crippen LogP contribution in [0, 0.1) is 6.92 Å². The molecular formula is C14H18F3N3O. The fourth-order valence-electron chi connectivity index (χ4n) is 2.33. The van der Waals surface area contributed by atoms with Gasteiger partial charge in [0.15, 0.2) is 0 Å². The molecule has 1 aromatic carbocycles. The van der Waals surface area contributed by atoms with Crippen LogP contribution in [0.25, 0.3) is 0 Å². The van der Waals surface area contributed by atoms with Gasteiger partial charge in [0.25, 0.3) is 0 Å². The summed E-state index contributed by atoms with van der Waals surface area (Å²) in [6.07, 6.45) is -3.95. The lowest BCUT2D eigenvalue weighted by atomic mass is 10.0. The second-order valence-corrected chi connectivity index (χ2v) is 5.24. The Hall–Kier alpha value is -1.76. The van der Waals surface area contributed by atoms with Crippen LogP contribution in [0.3, 0.4) is 0 Å². The molecule has 4 nitrogen and oxygen atoms in total. The number of carbonyl (C=O) groups is 1. The van der Waals surface area contributed by atoms with Gasteiger partial charge in [0.05, 0.1) is 0 Å². The molecule has 0 aromatic heterocycles. The summed E-state index contributed by atoms with van der Waals surface area (Å²) in [6.45, 7) is 2.02. The molecule has 1 aliphatic heterocycles. The maximum absolute atomic E-state index is 12.5. The van der Waals surface area contributed by atoms with Crippen molar-refractivity contribution in [2.75, 3.05) is 11.9 Å². The van der Waals surface area contributed by atoms with Gasteiger partial charge in [-0.15, -0.1) is 0 Å². The van der Waals surface area contributed by atoms with E-state index in [1.807, 2.05) is 25.1 Å². The Morgan fingerprint density at radius 2 is 2.10 bits per heavy atom. The summed E-state index contributed by atoms with van der Waals surface area (Å²) in [5.41, 5.74) is 1.67. The lowest BCUT2D eigenvalue weighted by molar-refractivity contribution is -0.160. The first-order valence-corrected chi connectivity index (χ1v) is 6.79. The molecule has 0 radical (unpaired) electrons. The Morgan fingerprint density at radius 3 is 2.67 bits per heavy atom. The van der Waals surface area contributed by atoms with Gasteiger partial charge in [-0.2, -0.15) is 13.2 Å². The quantitative estimate of drug-likeness (QED) is 0.787. The van der Waals surface area contributed by atoms with E-state index in [4.69, 9.17) is 0 Å². The van der Waals surface area contributed by atoms with E-state index >= 15 is 0 Å². The van der Waals surface area contributed by atoms with Gasteiger partial charge in [-0.1, -0.05) is 12.1 Å². The summed E-state index contributed by atoms with van der Waals surface area (Å²) in [7, 11) is 0. The number of benzene rings is 1. The molecule has 1 saturated heterocycles. The number of anilines is 1. The average molecular weight is 301 g/mol. The summed E-state index contributed by atoms with van der Waals surface area (Å²) >= 11 is 0. The Balaban J connectivity index is 1.79. The zero-order valence-electron chi connectivity index (χ0n) is 11.6. The zero-order valence-corrected chi connectivity index (χ0v) is 11.6. The van der Waals surface area contributed by atoms with Gasteiger partial charge in [0, 0.05) is 18.3 Å². The number of rotatable bonds is 2. The maximum atomic E-state index is 12.5. The van der Waals surface area contributed by atoms with Crippen molar-refractivity contribution < 1.29 is 18.0 Å². The smallest absolute Gasteiger partial charge is 0.334 e. The third kappa shape index (κ3) is 4.63. The summed E-state index contributed by atoms with van der Waals surface area (Å²) in [5, 5.41) is 7.77. The van der Waals surface area contributed by atoms with Crippen molar-refractivity contribution in [2.24, 2.45) is 0 Å². The second-order valence-electron chi connectivity index (χ2n) is 5.24. The van der Waals surface area contributed by atoms with Crippen LogP contribution in [0.2, 0.25) is 0 Å². The number of hydrogen-bond acceptors (Lipinski definition) is 2. The molecular weight excluding hydrogens is 283 g/mol. The van der Waals surface area contributed by atoms with Gasteiger partial charge >= 0.3 is 12.2 Å². The van der Waals surface area contributed by atoms with Crippen molar-refractivity contribution in [3.63, 3.8) is 0 Å². The largest absolute Gasteiger partial charge is 0.403 e. The Labute approximate surface area is 121 Å². The highest BCUT2D eigenvalue weighted by Crippen LogP contribution is 2.26. The van der Waals surface area contributed by atoms with Crippen molar-refractivity contribution in [3.8, 4) is 0 Å². The molecule has 116 valence electrons. The second kappa shape index (κ2) is 6.34. The van der Waals surface area contributed by atoms with E-state index in [0.717, 1.165) is 5.56 Å². The highest BCUT2D eigenvalue weighted by Gasteiger charge is 2.41. The van der Waals surface area contributed by atoms with Crippen LogP contribution < -0.4 is 16.0 Å². The van der Waals surface area contributed by atoms with Crippen LogP contribution in [0.5, 0.6) is 0 Å². The first-order chi connectivity index (χ1) is 9.84. The molecule has 21 heavy (non-hydrogen) atoms. The number of amides is 2. The first-order valence-electron chi connectivity index (χ1n) is 6.79. The Bertz CT molecular complexity index is 496. The van der Waals surface area contributed by atoms with E-state index < -0.39 is 18.2 Å². The first kappa shape index (κ1) is 15.6. The molecule has 7 heteroatoms. The molecule has 1 heterocycles. The summed E-state index contributed by atoms with van der Waals surface area (Å²) in [6, 6.07) is 5.12. The highest BCUT2D eigenvalue weighted by molar-refractivity contribution is 5.89. The third-order valence-electron chi connectivity index (χ3n) is 3.42. The number of urea groups is 1. The lowest BCUT2D eigenvalue weighted by Gasteiger charge is -2.31. The molecule has 1 fully saturated rings. The predicted octanol–water partition coefficient (Wildman–Crippen LogP) is 2.80. The average Bonchev–Trinajstić information content (AvgIpc) is 2.38. The van der Waals surface area contributed by atoms with E-state index in [0.29, 0.717) is 12.1 Å². The van der Waals surface area contributed by atoms with Crippen LogP contribution in [-0.4, -0.2) is 30.8 Å². The Morgan fingerprint density at radius 1 is 1.33 bits per heavy atom. The van der Waals surface area contributed by atoms with Crippen molar-refractivity contribution in [2.45, 2.75) is 38.0 Å². The van der Waals surface area contributed by atoms with Crippen molar-refractivity contribution in [1.82, 2.24) is 10.6 Å². The molecule has 0 saturated carbocycles. The van der Waals surface area contributed by atoms with Crippen molar-refractivity contribution in [3.05, 3.63) is 29.8 Å². The molecule has 0 aliphatic carbocycles. The van der Waals surface area contributed by atoms with Crippen LogP contribution in [0.1, 0.15) is 18.4 Å². The number of alkyl halides is 3. The monoisotopic (exact) mass is 301 g/mol. The minimum absolute atomic E-state index is 0.0289. The van der Waals surface area contributed by atoms with E-state index in [1.54, 1.807) is 6.07 Å². The molecule has 2 amide bonds. The minimum atomic E-state index is -4.23. The topological polar surface area (TPSA) is 53.2 Å². The molecule has 0 spiro atoms.